The first-order valence-corrected chi connectivity index (χ1v) is 3.65. The molecule has 0 N–H and O–H groups in total. The van der Waals surface area contributed by atoms with Gasteiger partial charge in [0.2, 0.25) is 0 Å². The van der Waals surface area contributed by atoms with Gasteiger partial charge in [-0.3, -0.25) is 0 Å². The van der Waals surface area contributed by atoms with Gasteiger partial charge in [0.1, 0.15) is 0 Å². The first-order chi connectivity index (χ1) is 2.27. The second kappa shape index (κ2) is 15.9. The fourth-order valence-electron chi connectivity index (χ4n) is 0. The molecule has 0 spiro atoms. The van der Waals surface area contributed by atoms with Gasteiger partial charge >= 0.3 is 48.6 Å². The molecule has 0 radical (unpaired) electrons. The van der Waals surface area contributed by atoms with E-state index in [4.69, 9.17) is 0 Å². The predicted octanol–water partition coefficient (Wildman–Crippen LogP) is 2.87. The van der Waals surface area contributed by atoms with Crippen LogP contribution in [0.3, 0.4) is 0 Å². The van der Waals surface area contributed by atoms with Crippen LogP contribution >= 0.6 is 37.2 Å². The van der Waals surface area contributed by atoms with E-state index in [0.717, 1.165) is 5.92 Å². The Kier molecular flexibility index (Phi) is 44.9. The Morgan fingerprint density at radius 2 is 1.25 bits per heavy atom. The van der Waals surface area contributed by atoms with Crippen LogP contribution in [0.5, 0.6) is 0 Å². The minimum absolute atomic E-state index is 0. The van der Waals surface area contributed by atoms with Gasteiger partial charge in [-0.2, -0.15) is 0 Å². The van der Waals surface area contributed by atoms with E-state index >= 15 is 0 Å². The number of hydrogen-bond donors (Lipinski definition) is 0. The summed E-state index contributed by atoms with van der Waals surface area (Å²) >= 11 is 1.66. The molecule has 0 bridgehead atoms. The topological polar surface area (TPSA) is 0 Å². The summed E-state index contributed by atoms with van der Waals surface area (Å²) in [7, 11) is 0. The summed E-state index contributed by atoms with van der Waals surface area (Å²) in [5.74, 6) is 0.924. The fourth-order valence-corrected chi connectivity index (χ4v) is 0. The molecule has 0 nitrogen and oxygen atoms in total. The van der Waals surface area contributed by atoms with Gasteiger partial charge in [-0.15, -0.1) is 37.2 Å². The van der Waals surface area contributed by atoms with Crippen molar-refractivity contribution in [2.75, 3.05) is 0 Å². The zero-order valence-electron chi connectivity index (χ0n) is 5.01. The van der Waals surface area contributed by atoms with Gasteiger partial charge in [0, 0.05) is 0 Å². The Labute approximate surface area is 85.3 Å². The van der Waals surface area contributed by atoms with Crippen LogP contribution in [0.15, 0.2) is 0 Å². The van der Waals surface area contributed by atoms with Gasteiger partial charge in [0.05, 0.1) is 0 Å². The summed E-state index contributed by atoms with van der Waals surface area (Å²) in [6.07, 6.45) is 0. The van der Waals surface area contributed by atoms with Crippen molar-refractivity contribution in [2.45, 2.75) is 18.0 Å². The molecule has 0 heterocycles. The van der Waals surface area contributed by atoms with Gasteiger partial charge < -0.3 is 0 Å². The zero-order chi connectivity index (χ0) is 4.28. The molecule has 0 aromatic heterocycles. The Bertz CT molecular complexity index is 25.2. The first kappa shape index (κ1) is 22.6. The van der Waals surface area contributed by atoms with Crippen molar-refractivity contribution in [1.82, 2.24) is 0 Å². The van der Waals surface area contributed by atoms with E-state index in [9.17, 15) is 0 Å². The Balaban J connectivity index is -0.0000000267. The van der Waals surface area contributed by atoms with Crippen LogP contribution in [0.2, 0.25) is 4.13 Å². The van der Waals surface area contributed by atoms with Crippen LogP contribution in [-0.2, 0) is 24.7 Å². The third kappa shape index (κ3) is 25.1. The van der Waals surface area contributed by atoms with E-state index in [2.05, 4.69) is 13.8 Å². The molecule has 0 aliphatic carbocycles. The van der Waals surface area contributed by atoms with Gasteiger partial charge in [-0.1, -0.05) is 0 Å². The van der Waals surface area contributed by atoms with Crippen LogP contribution in [0.25, 0.3) is 0 Å². The molecule has 0 atom stereocenters. The maximum atomic E-state index is 2.24. The molecular weight excluding hydrogens is 246 g/mol. The van der Waals surface area contributed by atoms with Crippen molar-refractivity contribution >= 4 is 37.2 Å². The minimum atomic E-state index is 0. The second-order valence-electron chi connectivity index (χ2n) is 1.60. The maximum Gasteiger partial charge on any atom is -0.147 e. The van der Waals surface area contributed by atoms with Crippen molar-refractivity contribution < 1.29 is 24.7 Å². The van der Waals surface area contributed by atoms with E-state index in [-0.39, 0.29) is 37.2 Å². The molecule has 8 heavy (non-hydrogen) atoms. The monoisotopic (exact) mass is 255 g/mol. The van der Waals surface area contributed by atoms with Crippen molar-refractivity contribution in [1.29, 1.82) is 0 Å². The summed E-state index contributed by atoms with van der Waals surface area (Å²) in [5, 5.41) is 0. The molecule has 0 aromatic carbocycles. The maximum absolute atomic E-state index is 2.24. The largest absolute Gasteiger partial charge is 0.147 e. The molecule has 0 rings (SSSR count). The van der Waals surface area contributed by atoms with Crippen molar-refractivity contribution in [2.24, 2.45) is 5.92 Å². The average Bonchev–Trinajstić information content (AvgIpc) is 1.38. The summed E-state index contributed by atoms with van der Waals surface area (Å²) in [4.78, 5) is 0. The molecule has 0 amide bonds. The Morgan fingerprint density at radius 1 is 1.12 bits per heavy atom. The quantitative estimate of drug-likeness (QED) is 0.678. The zero-order valence-corrected chi connectivity index (χ0v) is 9.92. The Hall–Kier alpha value is 1.75. The number of halogens is 3. The predicted molar refractivity (Wildman–Crippen MR) is 41.4 cm³/mol. The SMILES string of the molecule is CC(C)[CH2][Zr].Cl.Cl.Cl. The molecule has 0 unspecified atom stereocenters. The molecule has 4 heteroatoms. The smallest absolute Gasteiger partial charge is 0.147 e. The second-order valence-corrected chi connectivity index (χ2v) is 2.60. The summed E-state index contributed by atoms with van der Waals surface area (Å²) in [6.45, 7) is 4.49. The molecular formula is C4H12Cl3Zr. The van der Waals surface area contributed by atoms with E-state index < -0.39 is 0 Å². The third-order valence-electron chi connectivity index (χ3n) is 0.408. The number of rotatable bonds is 1. The van der Waals surface area contributed by atoms with E-state index in [0.29, 0.717) is 0 Å². The molecule has 0 aliphatic rings. The summed E-state index contributed by atoms with van der Waals surface area (Å²) in [5.41, 5.74) is 0. The van der Waals surface area contributed by atoms with Crippen molar-refractivity contribution in [3.63, 3.8) is 0 Å². The van der Waals surface area contributed by atoms with Crippen molar-refractivity contribution in [3.05, 3.63) is 0 Å². The fraction of sp³-hybridized carbons (Fsp3) is 1.00. The summed E-state index contributed by atoms with van der Waals surface area (Å²) < 4.78 is 1.40. The molecule has 0 fully saturated rings. The van der Waals surface area contributed by atoms with Crippen LogP contribution in [-0.4, -0.2) is 0 Å². The molecule has 0 saturated carbocycles. The summed E-state index contributed by atoms with van der Waals surface area (Å²) in [6, 6.07) is 0. The standard InChI is InChI=1S/C4H9.3ClH.Zr/c1-4(2)3;;;;/h4H,1H2,2-3H3;3*1H;. The van der Waals surface area contributed by atoms with Crippen LogP contribution in [0.1, 0.15) is 13.8 Å². The van der Waals surface area contributed by atoms with Crippen LogP contribution in [0, 0.1) is 5.92 Å². The van der Waals surface area contributed by atoms with Gasteiger partial charge in [0.15, 0.2) is 0 Å². The van der Waals surface area contributed by atoms with E-state index in [1.165, 1.54) is 4.13 Å². The molecule has 0 aliphatic heterocycles. The first-order valence-electron chi connectivity index (χ1n) is 1.92. The van der Waals surface area contributed by atoms with Crippen molar-refractivity contribution in [3.8, 4) is 0 Å². The molecule has 53 valence electrons. The normalized spacial score (nSPS) is 5.75. The van der Waals surface area contributed by atoms with E-state index in [1.54, 1.807) is 24.7 Å². The van der Waals surface area contributed by atoms with Gasteiger partial charge in [-0.05, 0) is 0 Å². The number of hydrogen-bond acceptors (Lipinski definition) is 0. The third-order valence-corrected chi connectivity index (χ3v) is 2.42. The Morgan fingerprint density at radius 3 is 1.25 bits per heavy atom. The van der Waals surface area contributed by atoms with Crippen LogP contribution in [0.4, 0.5) is 0 Å². The average molecular weight is 258 g/mol. The van der Waals surface area contributed by atoms with Gasteiger partial charge in [-0.25, -0.2) is 0 Å². The molecule has 0 aromatic rings. The minimum Gasteiger partial charge on any atom is -0.147 e. The van der Waals surface area contributed by atoms with Gasteiger partial charge in [0.25, 0.3) is 0 Å². The molecule has 0 saturated heterocycles. The van der Waals surface area contributed by atoms with E-state index in [1.807, 2.05) is 0 Å². The van der Waals surface area contributed by atoms with Crippen LogP contribution < -0.4 is 0 Å².